The van der Waals surface area contributed by atoms with Gasteiger partial charge in [0.05, 0.1) is 24.4 Å². The highest BCUT2D eigenvalue weighted by Crippen LogP contribution is 2.17. The van der Waals surface area contributed by atoms with Gasteiger partial charge in [0.25, 0.3) is 0 Å². The molecule has 0 saturated carbocycles. The molecule has 0 aromatic heterocycles. The fraction of sp³-hybridized carbons (Fsp3) is 0.400. The molecule has 0 aromatic rings. The molecule has 1 aliphatic rings. The number of rotatable bonds is 3. The van der Waals surface area contributed by atoms with Gasteiger partial charge < -0.3 is 4.74 Å². The highest BCUT2D eigenvalue weighted by molar-refractivity contribution is 7.78. The summed E-state index contributed by atoms with van der Waals surface area (Å²) in [5.41, 5.74) is 0.607. The molecule has 0 aromatic carbocycles. The van der Waals surface area contributed by atoms with Crippen LogP contribution in [0.2, 0.25) is 0 Å². The van der Waals surface area contributed by atoms with E-state index >= 15 is 0 Å². The number of hydrogen-bond donors (Lipinski definition) is 0. The standard InChI is InChI=1S/C10H11NO2S/c1-13-10(12)9-4-2-8(3-5-9)6-11-7-14/h2,4-5,8H,3,6H2,1H3. The van der Waals surface area contributed by atoms with Crippen LogP contribution in [0.25, 0.3) is 0 Å². The molecule has 1 rings (SSSR count). The van der Waals surface area contributed by atoms with E-state index in [4.69, 9.17) is 0 Å². The number of methoxy groups -OCH3 is 1. The molecule has 14 heavy (non-hydrogen) atoms. The van der Waals surface area contributed by atoms with Crippen molar-refractivity contribution in [3.63, 3.8) is 0 Å². The van der Waals surface area contributed by atoms with Crippen LogP contribution in [0, 0.1) is 5.92 Å². The number of esters is 1. The van der Waals surface area contributed by atoms with Crippen molar-refractivity contribution >= 4 is 23.3 Å². The fourth-order valence-corrected chi connectivity index (χ4v) is 1.30. The minimum Gasteiger partial charge on any atom is -0.465 e. The molecule has 0 spiro atoms. The topological polar surface area (TPSA) is 38.7 Å². The first-order valence-electron chi connectivity index (χ1n) is 4.28. The maximum absolute atomic E-state index is 11.1. The SMILES string of the molecule is COC(=O)C1=CCC(CN=C=S)C=C1. The van der Waals surface area contributed by atoms with Crippen molar-refractivity contribution in [1.29, 1.82) is 0 Å². The Balaban J connectivity index is 2.52. The number of thiocarbonyl (C=S) groups is 1. The molecule has 0 fully saturated rings. The Morgan fingerprint density at radius 1 is 1.86 bits per heavy atom. The van der Waals surface area contributed by atoms with Crippen molar-refractivity contribution in [2.45, 2.75) is 6.42 Å². The highest BCUT2D eigenvalue weighted by Gasteiger charge is 2.12. The van der Waals surface area contributed by atoms with Crippen molar-refractivity contribution in [2.75, 3.05) is 13.7 Å². The van der Waals surface area contributed by atoms with Crippen molar-refractivity contribution < 1.29 is 9.53 Å². The highest BCUT2D eigenvalue weighted by atomic mass is 32.1. The van der Waals surface area contributed by atoms with Crippen LogP contribution in [0.1, 0.15) is 6.42 Å². The molecular weight excluding hydrogens is 198 g/mol. The summed E-state index contributed by atoms with van der Waals surface area (Å²) < 4.78 is 4.60. The lowest BCUT2D eigenvalue weighted by Crippen LogP contribution is -2.09. The third kappa shape index (κ3) is 2.91. The van der Waals surface area contributed by atoms with Crippen LogP contribution in [0.5, 0.6) is 0 Å². The number of ether oxygens (including phenoxy) is 1. The summed E-state index contributed by atoms with van der Waals surface area (Å²) in [4.78, 5) is 14.9. The molecule has 1 aliphatic carbocycles. The van der Waals surface area contributed by atoms with Gasteiger partial charge in [-0.1, -0.05) is 18.2 Å². The van der Waals surface area contributed by atoms with Crippen molar-refractivity contribution in [3.05, 3.63) is 23.8 Å². The number of carbonyl (C=O) groups excluding carboxylic acids is 1. The number of allylic oxidation sites excluding steroid dienone is 1. The number of isothiocyanates is 1. The molecule has 0 saturated heterocycles. The lowest BCUT2D eigenvalue weighted by atomic mass is 9.97. The Kier molecular flexibility index (Phi) is 4.23. The van der Waals surface area contributed by atoms with Crippen LogP contribution in [-0.4, -0.2) is 24.8 Å². The number of hydrogen-bond acceptors (Lipinski definition) is 4. The van der Waals surface area contributed by atoms with Gasteiger partial charge in [0, 0.05) is 5.92 Å². The minimum absolute atomic E-state index is 0.293. The van der Waals surface area contributed by atoms with E-state index in [2.05, 4.69) is 27.1 Å². The fourth-order valence-electron chi connectivity index (χ4n) is 1.22. The maximum Gasteiger partial charge on any atom is 0.337 e. The number of carbonyl (C=O) groups is 1. The summed E-state index contributed by atoms with van der Waals surface area (Å²) in [6.45, 7) is 0.630. The van der Waals surface area contributed by atoms with Crippen LogP contribution in [0.3, 0.4) is 0 Å². The number of aliphatic imine (C=N–C) groups is 1. The van der Waals surface area contributed by atoms with Gasteiger partial charge in [-0.25, -0.2) is 9.79 Å². The quantitative estimate of drug-likeness (QED) is 0.404. The molecule has 74 valence electrons. The van der Waals surface area contributed by atoms with E-state index in [9.17, 15) is 4.79 Å². The van der Waals surface area contributed by atoms with Crippen LogP contribution in [0.4, 0.5) is 0 Å². The summed E-state index contributed by atoms with van der Waals surface area (Å²) >= 11 is 4.47. The molecule has 0 bridgehead atoms. The molecule has 1 unspecified atom stereocenters. The van der Waals surface area contributed by atoms with Crippen LogP contribution >= 0.6 is 12.2 Å². The summed E-state index contributed by atoms with van der Waals surface area (Å²) in [6, 6.07) is 0. The van der Waals surface area contributed by atoms with Gasteiger partial charge in [-0.05, 0) is 18.6 Å². The van der Waals surface area contributed by atoms with Crippen LogP contribution in [-0.2, 0) is 9.53 Å². The van der Waals surface area contributed by atoms with E-state index in [-0.39, 0.29) is 5.97 Å². The summed E-state index contributed by atoms with van der Waals surface area (Å²) in [5.74, 6) is 0.0249. The predicted octanol–water partition coefficient (Wildman–Crippen LogP) is 1.76. The van der Waals surface area contributed by atoms with Gasteiger partial charge in [0.15, 0.2) is 0 Å². The number of nitrogens with zero attached hydrogens (tertiary/aromatic N) is 1. The van der Waals surface area contributed by atoms with Gasteiger partial charge >= 0.3 is 5.97 Å². The molecule has 0 aliphatic heterocycles. The second-order valence-electron chi connectivity index (χ2n) is 2.94. The Morgan fingerprint density at radius 2 is 2.64 bits per heavy atom. The van der Waals surface area contributed by atoms with E-state index in [0.29, 0.717) is 18.0 Å². The van der Waals surface area contributed by atoms with E-state index < -0.39 is 0 Å². The van der Waals surface area contributed by atoms with Gasteiger partial charge in [-0.3, -0.25) is 0 Å². The second-order valence-corrected chi connectivity index (χ2v) is 3.12. The zero-order chi connectivity index (χ0) is 10.4. The lowest BCUT2D eigenvalue weighted by molar-refractivity contribution is -0.135. The average molecular weight is 209 g/mol. The summed E-state index contributed by atoms with van der Waals surface area (Å²) in [6.07, 6.45) is 6.36. The zero-order valence-corrected chi connectivity index (χ0v) is 8.71. The smallest absolute Gasteiger partial charge is 0.337 e. The molecule has 4 heteroatoms. The van der Waals surface area contributed by atoms with Gasteiger partial charge in [-0.2, -0.15) is 0 Å². The first-order valence-corrected chi connectivity index (χ1v) is 4.69. The third-order valence-corrected chi connectivity index (χ3v) is 2.13. The Labute approximate surface area is 88.2 Å². The molecule has 0 heterocycles. The van der Waals surface area contributed by atoms with Crippen molar-refractivity contribution in [1.82, 2.24) is 0 Å². The van der Waals surface area contributed by atoms with E-state index in [1.54, 1.807) is 6.08 Å². The first-order chi connectivity index (χ1) is 6.77. The maximum atomic E-state index is 11.1. The Morgan fingerprint density at radius 3 is 3.14 bits per heavy atom. The molecule has 0 radical (unpaired) electrons. The van der Waals surface area contributed by atoms with Gasteiger partial charge in [0.1, 0.15) is 0 Å². The van der Waals surface area contributed by atoms with Crippen molar-refractivity contribution in [2.24, 2.45) is 10.9 Å². The normalized spacial score (nSPS) is 19.5. The molecular formula is C10H11NO2S. The molecule has 0 amide bonds. The summed E-state index contributed by atoms with van der Waals surface area (Å²) in [7, 11) is 1.37. The predicted molar refractivity (Wildman–Crippen MR) is 57.2 cm³/mol. The lowest BCUT2D eigenvalue weighted by Gasteiger charge is -2.11. The van der Waals surface area contributed by atoms with Crippen LogP contribution in [0.15, 0.2) is 28.8 Å². The summed E-state index contributed by atoms with van der Waals surface area (Å²) in [5, 5.41) is 2.32. The molecule has 1 atom stereocenters. The Bertz CT molecular complexity index is 327. The molecule has 0 N–H and O–H groups in total. The first kappa shape index (κ1) is 10.8. The third-order valence-electron chi connectivity index (χ3n) is 2.00. The second kappa shape index (κ2) is 5.47. The van der Waals surface area contributed by atoms with Crippen LogP contribution < -0.4 is 0 Å². The Hall–Kier alpha value is -1.25. The largest absolute Gasteiger partial charge is 0.465 e. The van der Waals surface area contributed by atoms with Crippen molar-refractivity contribution in [3.8, 4) is 0 Å². The minimum atomic E-state index is -0.293. The van der Waals surface area contributed by atoms with E-state index in [1.165, 1.54) is 7.11 Å². The van der Waals surface area contributed by atoms with E-state index in [1.807, 2.05) is 12.2 Å². The monoisotopic (exact) mass is 209 g/mol. The average Bonchev–Trinajstić information content (AvgIpc) is 2.26. The molecule has 3 nitrogen and oxygen atoms in total. The van der Waals surface area contributed by atoms with E-state index in [0.717, 1.165) is 6.42 Å². The van der Waals surface area contributed by atoms with Gasteiger partial charge in [-0.15, -0.1) is 0 Å². The zero-order valence-electron chi connectivity index (χ0n) is 7.90. The van der Waals surface area contributed by atoms with Gasteiger partial charge in [0.2, 0.25) is 0 Å².